The maximum atomic E-state index is 6.23. The number of hydrogen-bond acceptors (Lipinski definition) is 3. The van der Waals surface area contributed by atoms with Crippen LogP contribution < -0.4 is 0 Å². The fraction of sp³-hybridized carbons (Fsp3) is 0.184. The van der Waals surface area contributed by atoms with Gasteiger partial charge in [-0.1, -0.05) is 130 Å². The zero-order valence-corrected chi connectivity index (χ0v) is 33.6. The molecule has 0 N–H and O–H groups in total. The van der Waals surface area contributed by atoms with Crippen LogP contribution in [0, 0.1) is 38.8 Å². The van der Waals surface area contributed by atoms with Crippen LogP contribution in [-0.2, 0) is 26.5 Å². The Morgan fingerprint density at radius 3 is 2.06 bits per heavy atom. The molecule has 1 atom stereocenters. The molecule has 0 bridgehead atoms. The minimum Gasteiger partial charge on any atom is -0.500 e. The van der Waals surface area contributed by atoms with Crippen molar-refractivity contribution in [1.29, 1.82) is 0 Å². The van der Waals surface area contributed by atoms with Crippen molar-refractivity contribution >= 4 is 21.9 Å². The third-order valence-corrected chi connectivity index (χ3v) is 9.78. The molecule has 8 rings (SSSR count). The first-order valence-electron chi connectivity index (χ1n) is 18.1. The number of benzene rings is 5. The zero-order chi connectivity index (χ0) is 36.2. The van der Waals surface area contributed by atoms with Crippen LogP contribution in [-0.4, -0.2) is 9.97 Å². The average Bonchev–Trinajstić information content (AvgIpc) is 3.55. The molecule has 0 amide bonds. The van der Waals surface area contributed by atoms with Gasteiger partial charge in [-0.15, -0.1) is 58.7 Å². The van der Waals surface area contributed by atoms with E-state index in [1.807, 2.05) is 42.7 Å². The van der Waals surface area contributed by atoms with Crippen LogP contribution in [0.2, 0.25) is 0 Å². The predicted octanol–water partition coefficient (Wildman–Crippen LogP) is 12.9. The molecule has 0 spiro atoms. The van der Waals surface area contributed by atoms with Gasteiger partial charge >= 0.3 is 0 Å². The van der Waals surface area contributed by atoms with Gasteiger partial charge in [0.2, 0.25) is 0 Å². The molecule has 0 aliphatic carbocycles. The number of nitrogens with zero attached hydrogens (tertiary/aromatic N) is 2. The van der Waals surface area contributed by atoms with E-state index in [0.717, 1.165) is 56.4 Å². The van der Waals surface area contributed by atoms with Gasteiger partial charge in [0.15, 0.2) is 0 Å². The van der Waals surface area contributed by atoms with E-state index in [1.165, 1.54) is 38.9 Å². The fourth-order valence-electron chi connectivity index (χ4n) is 6.97. The minimum atomic E-state index is 0. The van der Waals surface area contributed by atoms with Crippen molar-refractivity contribution < 1.29 is 24.5 Å². The standard InChI is InChI=1S/C32H24NO.C17H20N.Ir/c1-21-20-33-28(19-27(21)24-13-7-4-8-14-24)25-17-18-30-32(26-15-9-10-16-29(26)34-30)31(25)22(2)23-11-5-3-6-12-23;1-12(2)9-16-11-18-17(10-14(16)4)15-7-5-13(3)6-8-15;/h3-16,18-20,22H,1-2H3;5-7,10-12H,9H2,1-4H3;/q2*-1;. The molecule has 3 aromatic heterocycles. The molecule has 267 valence electrons. The Hall–Kier alpha value is -5.15. The third kappa shape index (κ3) is 8.25. The van der Waals surface area contributed by atoms with Gasteiger partial charge in [-0.2, -0.15) is 0 Å². The SMILES string of the molecule is Cc1c[c-]c(-c2cc(C)c(CC(C)C)cn2)cc1.Cc1cnc(-c2[c-]cc3oc4ccccc4c3c2C(C)c2ccccc2)cc1-c1ccccc1.[Ir]. The molecule has 0 aliphatic rings. The summed E-state index contributed by atoms with van der Waals surface area (Å²) in [5.41, 5.74) is 15.7. The molecule has 1 radical (unpaired) electrons. The Morgan fingerprint density at radius 2 is 1.36 bits per heavy atom. The van der Waals surface area contributed by atoms with E-state index < -0.39 is 0 Å². The Bertz CT molecular complexity index is 2450. The normalized spacial score (nSPS) is 11.6. The summed E-state index contributed by atoms with van der Waals surface area (Å²) in [5.74, 6) is 0.808. The molecule has 3 nitrogen and oxygen atoms in total. The summed E-state index contributed by atoms with van der Waals surface area (Å²) < 4.78 is 6.23. The molecule has 8 aromatic rings. The maximum Gasteiger partial charge on any atom is 0.120 e. The summed E-state index contributed by atoms with van der Waals surface area (Å²) in [4.78, 5) is 9.44. The molecule has 0 aliphatic heterocycles. The van der Waals surface area contributed by atoms with E-state index in [1.54, 1.807) is 0 Å². The molecule has 53 heavy (non-hydrogen) atoms. The Kier molecular flexibility index (Phi) is 11.8. The van der Waals surface area contributed by atoms with Crippen LogP contribution in [0.4, 0.5) is 0 Å². The van der Waals surface area contributed by atoms with E-state index in [0.29, 0.717) is 5.92 Å². The summed E-state index contributed by atoms with van der Waals surface area (Å²) in [6.07, 6.45) is 5.08. The Morgan fingerprint density at radius 1 is 0.660 bits per heavy atom. The van der Waals surface area contributed by atoms with Gasteiger partial charge in [-0.3, -0.25) is 0 Å². The second kappa shape index (κ2) is 16.7. The number of furan rings is 1. The van der Waals surface area contributed by atoms with Gasteiger partial charge in [0.1, 0.15) is 5.58 Å². The van der Waals surface area contributed by atoms with E-state index in [-0.39, 0.29) is 26.0 Å². The molecule has 0 saturated heterocycles. The van der Waals surface area contributed by atoms with Crippen molar-refractivity contribution in [3.05, 3.63) is 179 Å². The number of rotatable bonds is 7. The molecular formula is C49H44IrN2O-2. The monoisotopic (exact) mass is 869 g/mol. The molecule has 0 fully saturated rings. The summed E-state index contributed by atoms with van der Waals surface area (Å²) in [6.45, 7) is 13.1. The first-order valence-corrected chi connectivity index (χ1v) is 18.1. The number of pyridine rings is 2. The Balaban J connectivity index is 0.000000215. The topological polar surface area (TPSA) is 38.9 Å². The summed E-state index contributed by atoms with van der Waals surface area (Å²) in [6, 6.07) is 48.7. The van der Waals surface area contributed by atoms with Crippen LogP contribution in [0.1, 0.15) is 60.1 Å². The predicted molar refractivity (Wildman–Crippen MR) is 216 cm³/mol. The number of fused-ring (bicyclic) bond motifs is 3. The van der Waals surface area contributed by atoms with Crippen LogP contribution in [0.5, 0.6) is 0 Å². The molecule has 5 aromatic carbocycles. The molecule has 4 heteroatoms. The van der Waals surface area contributed by atoms with Gasteiger partial charge in [0.25, 0.3) is 0 Å². The number of aromatic nitrogens is 2. The van der Waals surface area contributed by atoms with Crippen LogP contribution in [0.25, 0.3) is 55.6 Å². The van der Waals surface area contributed by atoms with Gasteiger partial charge in [0.05, 0.1) is 5.58 Å². The summed E-state index contributed by atoms with van der Waals surface area (Å²) in [7, 11) is 0. The number of hydrogen-bond donors (Lipinski definition) is 0. The second-order valence-corrected chi connectivity index (χ2v) is 14.2. The molecule has 1 unspecified atom stereocenters. The summed E-state index contributed by atoms with van der Waals surface area (Å²) >= 11 is 0. The molecular weight excluding hydrogens is 825 g/mol. The number of aryl methyl sites for hydroxylation is 3. The third-order valence-electron chi connectivity index (χ3n) is 9.78. The van der Waals surface area contributed by atoms with E-state index >= 15 is 0 Å². The maximum absolute atomic E-state index is 6.23. The first kappa shape index (κ1) is 37.6. The zero-order valence-electron chi connectivity index (χ0n) is 31.2. The number of para-hydroxylation sites is 1. The fourth-order valence-corrected chi connectivity index (χ4v) is 6.97. The van der Waals surface area contributed by atoms with Crippen LogP contribution >= 0.6 is 0 Å². The summed E-state index contributed by atoms with van der Waals surface area (Å²) in [5, 5.41) is 2.27. The van der Waals surface area contributed by atoms with Crippen molar-refractivity contribution in [2.75, 3.05) is 0 Å². The van der Waals surface area contributed by atoms with Crippen molar-refractivity contribution in [3.63, 3.8) is 0 Å². The average molecular weight is 869 g/mol. The van der Waals surface area contributed by atoms with Crippen LogP contribution in [0.3, 0.4) is 0 Å². The second-order valence-electron chi connectivity index (χ2n) is 14.2. The largest absolute Gasteiger partial charge is 0.500 e. The van der Waals surface area contributed by atoms with Crippen molar-refractivity contribution in [2.45, 2.75) is 53.9 Å². The van der Waals surface area contributed by atoms with Gasteiger partial charge in [-0.05, 0) is 77.4 Å². The van der Waals surface area contributed by atoms with Gasteiger partial charge in [0, 0.05) is 37.9 Å². The van der Waals surface area contributed by atoms with E-state index in [2.05, 4.69) is 150 Å². The smallest absolute Gasteiger partial charge is 0.120 e. The first-order chi connectivity index (χ1) is 25.3. The van der Waals surface area contributed by atoms with Crippen LogP contribution in [0.15, 0.2) is 138 Å². The van der Waals surface area contributed by atoms with E-state index in [4.69, 9.17) is 9.40 Å². The molecule has 0 saturated carbocycles. The Labute approximate surface area is 327 Å². The van der Waals surface area contributed by atoms with Crippen molar-refractivity contribution in [3.8, 4) is 33.6 Å². The molecule has 3 heterocycles. The van der Waals surface area contributed by atoms with Crippen molar-refractivity contribution in [2.24, 2.45) is 5.92 Å². The van der Waals surface area contributed by atoms with Gasteiger partial charge < -0.3 is 14.4 Å². The van der Waals surface area contributed by atoms with Gasteiger partial charge in [-0.25, -0.2) is 0 Å². The van der Waals surface area contributed by atoms with Crippen molar-refractivity contribution in [1.82, 2.24) is 9.97 Å². The minimum absolute atomic E-state index is 0. The van der Waals surface area contributed by atoms with E-state index in [9.17, 15) is 0 Å². The quantitative estimate of drug-likeness (QED) is 0.150.